The maximum Gasteiger partial charge on any atom is 0.418 e. The molecule has 1 fully saturated rings. The van der Waals surface area contributed by atoms with Crippen LogP contribution in [0.3, 0.4) is 0 Å². The molecule has 1 heterocycles. The Morgan fingerprint density at radius 1 is 1.30 bits per heavy atom. The summed E-state index contributed by atoms with van der Waals surface area (Å²) in [5, 5.41) is 8.98. The van der Waals surface area contributed by atoms with Crippen molar-refractivity contribution >= 4 is 17.7 Å². The van der Waals surface area contributed by atoms with Crippen LogP contribution in [0.4, 0.5) is 23.7 Å². The van der Waals surface area contributed by atoms with E-state index >= 15 is 0 Å². The number of esters is 1. The van der Waals surface area contributed by atoms with Crippen molar-refractivity contribution < 1.29 is 32.6 Å². The normalized spacial score (nSPS) is 15.5. The van der Waals surface area contributed by atoms with Gasteiger partial charge >= 0.3 is 18.2 Å². The van der Waals surface area contributed by atoms with Crippen LogP contribution in [0.1, 0.15) is 35.7 Å². The number of carbonyl (C=O) groups is 2. The zero-order chi connectivity index (χ0) is 20.2. The van der Waals surface area contributed by atoms with Crippen LogP contribution >= 0.6 is 0 Å². The molecule has 0 aliphatic carbocycles. The van der Waals surface area contributed by atoms with Crippen molar-refractivity contribution in [2.45, 2.75) is 25.9 Å². The number of rotatable bonds is 5. The van der Waals surface area contributed by atoms with E-state index < -0.39 is 23.8 Å². The minimum Gasteiger partial charge on any atom is -0.465 e. The number of piperidine rings is 1. The van der Waals surface area contributed by atoms with Crippen LogP contribution in [0.2, 0.25) is 0 Å². The third-order valence-electron chi connectivity index (χ3n) is 4.64. The lowest BCUT2D eigenvalue weighted by molar-refractivity contribution is -0.137. The number of benzene rings is 1. The Labute approximate surface area is 155 Å². The van der Waals surface area contributed by atoms with Gasteiger partial charge in [-0.3, -0.25) is 0 Å². The predicted molar refractivity (Wildman–Crippen MR) is 93.0 cm³/mol. The number of carboxylic acid groups (broad SMARTS) is 1. The number of halogens is 3. The van der Waals surface area contributed by atoms with Gasteiger partial charge in [0, 0.05) is 32.4 Å². The first-order chi connectivity index (χ1) is 12.6. The van der Waals surface area contributed by atoms with Crippen molar-refractivity contribution in [1.29, 1.82) is 0 Å². The molecule has 0 spiro atoms. The summed E-state index contributed by atoms with van der Waals surface area (Å²) in [5.41, 5.74) is -0.845. The van der Waals surface area contributed by atoms with E-state index in [0.29, 0.717) is 32.5 Å². The van der Waals surface area contributed by atoms with Crippen molar-refractivity contribution in [2.75, 3.05) is 38.2 Å². The van der Waals surface area contributed by atoms with Gasteiger partial charge < -0.3 is 19.6 Å². The van der Waals surface area contributed by atoms with Gasteiger partial charge in [0.15, 0.2) is 0 Å². The van der Waals surface area contributed by atoms with Crippen molar-refractivity contribution in [3.8, 4) is 0 Å². The molecule has 1 amide bonds. The summed E-state index contributed by atoms with van der Waals surface area (Å²) < 4.78 is 45.1. The second kappa shape index (κ2) is 8.49. The molecule has 27 heavy (non-hydrogen) atoms. The highest BCUT2D eigenvalue weighted by atomic mass is 19.4. The number of amides is 1. The number of alkyl halides is 3. The number of nitrogens with zero attached hydrogens (tertiary/aromatic N) is 2. The molecular formula is C18H23F3N2O4. The van der Waals surface area contributed by atoms with Crippen molar-refractivity contribution in [3.05, 3.63) is 29.3 Å². The van der Waals surface area contributed by atoms with Crippen molar-refractivity contribution in [1.82, 2.24) is 4.90 Å². The van der Waals surface area contributed by atoms with E-state index in [1.165, 1.54) is 15.9 Å². The SMILES string of the molecule is CCOC(=O)c1ccc(C(F)(F)F)c(N(C)CC2CCN(C(=O)O)CC2)c1. The van der Waals surface area contributed by atoms with Gasteiger partial charge in [-0.25, -0.2) is 9.59 Å². The summed E-state index contributed by atoms with van der Waals surface area (Å²) in [7, 11) is 1.54. The van der Waals surface area contributed by atoms with E-state index in [4.69, 9.17) is 9.84 Å². The van der Waals surface area contributed by atoms with Gasteiger partial charge in [-0.05, 0) is 43.9 Å². The quantitative estimate of drug-likeness (QED) is 0.779. The lowest BCUT2D eigenvalue weighted by atomic mass is 9.96. The van der Waals surface area contributed by atoms with Crippen LogP contribution in [0.5, 0.6) is 0 Å². The molecule has 0 unspecified atom stereocenters. The van der Waals surface area contributed by atoms with Crippen LogP contribution < -0.4 is 4.90 Å². The molecule has 1 N–H and O–H groups in total. The van der Waals surface area contributed by atoms with Crippen LogP contribution in [0, 0.1) is 5.92 Å². The molecule has 1 saturated heterocycles. The first-order valence-corrected chi connectivity index (χ1v) is 8.70. The van der Waals surface area contributed by atoms with Gasteiger partial charge in [-0.2, -0.15) is 13.2 Å². The van der Waals surface area contributed by atoms with Crippen LogP contribution in [-0.4, -0.2) is 55.4 Å². The first kappa shape index (κ1) is 20.9. The fourth-order valence-electron chi connectivity index (χ4n) is 3.22. The average molecular weight is 388 g/mol. The summed E-state index contributed by atoms with van der Waals surface area (Å²) in [6.45, 7) is 2.82. The van der Waals surface area contributed by atoms with Crippen LogP contribution in [0.25, 0.3) is 0 Å². The summed E-state index contributed by atoms with van der Waals surface area (Å²) in [5.74, 6) is -0.603. The molecule has 0 aromatic heterocycles. The van der Waals surface area contributed by atoms with Gasteiger partial charge in [-0.1, -0.05) is 0 Å². The molecule has 9 heteroatoms. The zero-order valence-corrected chi connectivity index (χ0v) is 15.3. The van der Waals surface area contributed by atoms with Crippen molar-refractivity contribution in [3.63, 3.8) is 0 Å². The van der Waals surface area contributed by atoms with Gasteiger partial charge in [0.25, 0.3) is 0 Å². The van der Waals surface area contributed by atoms with Crippen molar-refractivity contribution in [2.24, 2.45) is 5.92 Å². The lowest BCUT2D eigenvalue weighted by Crippen LogP contribution is -2.40. The Bertz CT molecular complexity index is 686. The summed E-state index contributed by atoms with van der Waals surface area (Å²) in [6.07, 6.45) is -4.38. The molecule has 0 saturated carbocycles. The molecule has 150 valence electrons. The number of hydrogen-bond acceptors (Lipinski definition) is 4. The van der Waals surface area contributed by atoms with E-state index in [2.05, 4.69) is 0 Å². The van der Waals surface area contributed by atoms with E-state index in [1.807, 2.05) is 0 Å². The molecule has 0 atom stereocenters. The number of carbonyl (C=O) groups excluding carboxylic acids is 1. The predicted octanol–water partition coefficient (Wildman–Crippen LogP) is 3.71. The minimum absolute atomic E-state index is 0.0624. The zero-order valence-electron chi connectivity index (χ0n) is 15.3. The number of ether oxygens (including phenoxy) is 1. The van der Waals surface area contributed by atoms with Gasteiger partial charge in [0.05, 0.1) is 17.7 Å². The van der Waals surface area contributed by atoms with Gasteiger partial charge in [0.2, 0.25) is 0 Å². The Kier molecular flexibility index (Phi) is 6.56. The molecule has 0 bridgehead atoms. The molecule has 1 aromatic rings. The minimum atomic E-state index is -4.55. The smallest absolute Gasteiger partial charge is 0.418 e. The Hall–Kier alpha value is -2.45. The van der Waals surface area contributed by atoms with E-state index in [-0.39, 0.29) is 23.8 Å². The monoisotopic (exact) mass is 388 g/mol. The summed E-state index contributed by atoms with van der Waals surface area (Å²) in [6, 6.07) is 3.21. The highest BCUT2D eigenvalue weighted by Gasteiger charge is 2.35. The topological polar surface area (TPSA) is 70.1 Å². The second-order valence-corrected chi connectivity index (χ2v) is 6.54. The van der Waals surface area contributed by atoms with Crippen LogP contribution in [-0.2, 0) is 10.9 Å². The fraction of sp³-hybridized carbons (Fsp3) is 0.556. The molecular weight excluding hydrogens is 365 g/mol. The van der Waals surface area contributed by atoms with Gasteiger partial charge in [0.1, 0.15) is 0 Å². The molecule has 6 nitrogen and oxygen atoms in total. The van der Waals surface area contributed by atoms with Gasteiger partial charge in [-0.15, -0.1) is 0 Å². The second-order valence-electron chi connectivity index (χ2n) is 6.54. The Morgan fingerprint density at radius 3 is 2.44 bits per heavy atom. The highest BCUT2D eigenvalue weighted by Crippen LogP contribution is 2.37. The highest BCUT2D eigenvalue weighted by molar-refractivity contribution is 5.91. The standard InChI is InChI=1S/C18H23F3N2O4/c1-3-27-16(24)13-4-5-14(18(19,20)21)15(10-13)22(2)11-12-6-8-23(9-7-12)17(25)26/h4-5,10,12H,3,6-9,11H2,1-2H3,(H,25,26). The average Bonchev–Trinajstić information content (AvgIpc) is 2.61. The molecule has 0 radical (unpaired) electrons. The molecule has 1 aromatic carbocycles. The van der Waals surface area contributed by atoms with E-state index in [0.717, 1.165) is 12.1 Å². The summed E-state index contributed by atoms with van der Waals surface area (Å²) >= 11 is 0. The fourth-order valence-corrected chi connectivity index (χ4v) is 3.22. The lowest BCUT2D eigenvalue weighted by Gasteiger charge is -2.33. The maximum absolute atomic E-state index is 13.4. The first-order valence-electron chi connectivity index (χ1n) is 8.70. The Balaban J connectivity index is 2.19. The third-order valence-corrected chi connectivity index (χ3v) is 4.64. The molecule has 1 aliphatic heterocycles. The maximum atomic E-state index is 13.4. The number of likely N-dealkylation sites (tertiary alicyclic amines) is 1. The largest absolute Gasteiger partial charge is 0.465 e. The molecule has 2 rings (SSSR count). The van der Waals surface area contributed by atoms with E-state index in [9.17, 15) is 22.8 Å². The third kappa shape index (κ3) is 5.27. The summed E-state index contributed by atoms with van der Waals surface area (Å²) in [4.78, 5) is 25.6. The number of hydrogen-bond donors (Lipinski definition) is 1. The Morgan fingerprint density at radius 2 is 1.93 bits per heavy atom. The van der Waals surface area contributed by atoms with Crippen LogP contribution in [0.15, 0.2) is 18.2 Å². The van der Waals surface area contributed by atoms with E-state index in [1.54, 1.807) is 14.0 Å². The molecule has 1 aliphatic rings. The number of anilines is 1.